The van der Waals surface area contributed by atoms with Gasteiger partial charge in [-0.15, -0.1) is 0 Å². The fourth-order valence-electron chi connectivity index (χ4n) is 2.90. The Morgan fingerprint density at radius 2 is 2.26 bits per heavy atom. The van der Waals surface area contributed by atoms with Crippen LogP contribution in [-0.4, -0.2) is 22.4 Å². The van der Waals surface area contributed by atoms with Gasteiger partial charge in [0, 0.05) is 24.9 Å². The van der Waals surface area contributed by atoms with Crippen LogP contribution in [0.2, 0.25) is 0 Å². The molecular weight excluding hydrogens is 238 g/mol. The minimum Gasteiger partial charge on any atom is -0.392 e. The molecule has 0 amide bonds. The van der Waals surface area contributed by atoms with E-state index in [1.807, 2.05) is 6.07 Å². The number of benzene rings is 1. The van der Waals surface area contributed by atoms with Gasteiger partial charge in [-0.25, -0.2) is 0 Å². The van der Waals surface area contributed by atoms with Gasteiger partial charge in [0.15, 0.2) is 0 Å². The van der Waals surface area contributed by atoms with Crippen molar-refractivity contribution < 1.29 is 9.84 Å². The second kappa shape index (κ2) is 5.76. The Hall–Kier alpha value is -1.32. The maximum atomic E-state index is 9.15. The van der Waals surface area contributed by atoms with Crippen molar-refractivity contribution in [2.45, 2.75) is 44.9 Å². The Bertz CT molecular complexity index is 541. The van der Waals surface area contributed by atoms with E-state index in [2.05, 4.69) is 29.0 Å². The van der Waals surface area contributed by atoms with E-state index >= 15 is 0 Å². The standard InChI is InChI=1S/C16H21NO2/c18-12-13-5-6-16-14(11-13)7-9-17(16)8-1-3-15-4-2-10-19-15/h5-7,9,11,15,18H,1-4,8,10,12H2. The molecule has 2 aromatic rings. The van der Waals surface area contributed by atoms with Gasteiger partial charge in [-0.3, -0.25) is 0 Å². The third-order valence-electron chi connectivity index (χ3n) is 3.97. The lowest BCUT2D eigenvalue weighted by Gasteiger charge is -2.10. The van der Waals surface area contributed by atoms with E-state index in [1.54, 1.807) is 0 Å². The quantitative estimate of drug-likeness (QED) is 0.895. The Kier molecular flexibility index (Phi) is 3.85. The molecule has 1 unspecified atom stereocenters. The van der Waals surface area contributed by atoms with Crippen molar-refractivity contribution in [3.63, 3.8) is 0 Å². The number of aromatic nitrogens is 1. The van der Waals surface area contributed by atoms with Crippen LogP contribution >= 0.6 is 0 Å². The minimum atomic E-state index is 0.111. The first-order valence-corrected chi connectivity index (χ1v) is 7.17. The molecule has 1 atom stereocenters. The van der Waals surface area contributed by atoms with Crippen LogP contribution in [0.15, 0.2) is 30.5 Å². The largest absolute Gasteiger partial charge is 0.392 e. The number of nitrogens with zero attached hydrogens (tertiary/aromatic N) is 1. The molecule has 19 heavy (non-hydrogen) atoms. The first-order valence-electron chi connectivity index (χ1n) is 7.17. The molecule has 0 saturated carbocycles. The Labute approximate surface area is 113 Å². The molecule has 1 aromatic carbocycles. The van der Waals surface area contributed by atoms with Gasteiger partial charge in [0.25, 0.3) is 0 Å². The average Bonchev–Trinajstić information content (AvgIpc) is 3.08. The van der Waals surface area contributed by atoms with Gasteiger partial charge in [0.05, 0.1) is 12.7 Å². The van der Waals surface area contributed by atoms with E-state index in [1.165, 1.54) is 23.7 Å². The minimum absolute atomic E-state index is 0.111. The van der Waals surface area contributed by atoms with E-state index in [-0.39, 0.29) is 6.61 Å². The van der Waals surface area contributed by atoms with Crippen LogP contribution in [0.1, 0.15) is 31.2 Å². The van der Waals surface area contributed by atoms with Crippen LogP contribution in [0, 0.1) is 0 Å². The number of rotatable bonds is 5. The predicted molar refractivity (Wildman–Crippen MR) is 76.1 cm³/mol. The highest BCUT2D eigenvalue weighted by Crippen LogP contribution is 2.20. The number of fused-ring (bicyclic) bond motifs is 1. The van der Waals surface area contributed by atoms with Crippen molar-refractivity contribution in [3.05, 3.63) is 36.0 Å². The monoisotopic (exact) mass is 259 g/mol. The third-order valence-corrected chi connectivity index (χ3v) is 3.97. The number of aliphatic hydroxyl groups excluding tert-OH is 1. The molecule has 0 bridgehead atoms. The third kappa shape index (κ3) is 2.82. The Balaban J connectivity index is 1.64. The molecule has 1 aliphatic heterocycles. The molecule has 1 aromatic heterocycles. The van der Waals surface area contributed by atoms with E-state index in [4.69, 9.17) is 9.84 Å². The first kappa shape index (κ1) is 12.7. The van der Waals surface area contributed by atoms with Gasteiger partial charge in [0.1, 0.15) is 0 Å². The maximum absolute atomic E-state index is 9.15. The predicted octanol–water partition coefficient (Wildman–Crippen LogP) is 3.09. The summed E-state index contributed by atoms with van der Waals surface area (Å²) in [5.74, 6) is 0. The molecule has 1 aliphatic rings. The smallest absolute Gasteiger partial charge is 0.0682 e. The van der Waals surface area contributed by atoms with Gasteiger partial charge in [-0.2, -0.15) is 0 Å². The van der Waals surface area contributed by atoms with Crippen molar-refractivity contribution in [2.75, 3.05) is 6.61 Å². The second-order valence-electron chi connectivity index (χ2n) is 5.34. The van der Waals surface area contributed by atoms with Gasteiger partial charge in [0.2, 0.25) is 0 Å². The lowest BCUT2D eigenvalue weighted by molar-refractivity contribution is 0.101. The zero-order valence-corrected chi connectivity index (χ0v) is 11.2. The van der Waals surface area contributed by atoms with Gasteiger partial charge in [-0.05, 0) is 54.8 Å². The fourth-order valence-corrected chi connectivity index (χ4v) is 2.90. The van der Waals surface area contributed by atoms with Crippen molar-refractivity contribution in [2.24, 2.45) is 0 Å². The molecule has 3 nitrogen and oxygen atoms in total. The van der Waals surface area contributed by atoms with Gasteiger partial charge < -0.3 is 14.4 Å². The molecule has 1 fully saturated rings. The number of hydrogen-bond acceptors (Lipinski definition) is 2. The summed E-state index contributed by atoms with van der Waals surface area (Å²) in [6, 6.07) is 8.29. The molecule has 0 radical (unpaired) electrons. The van der Waals surface area contributed by atoms with Crippen LogP contribution in [0.4, 0.5) is 0 Å². The number of aliphatic hydroxyl groups is 1. The van der Waals surface area contributed by atoms with Gasteiger partial charge in [-0.1, -0.05) is 6.07 Å². The molecule has 0 spiro atoms. The average molecular weight is 259 g/mol. The van der Waals surface area contributed by atoms with Crippen LogP contribution in [0.25, 0.3) is 10.9 Å². The number of ether oxygens (including phenoxy) is 1. The molecule has 2 heterocycles. The SMILES string of the molecule is OCc1ccc2c(ccn2CCCC2CCCO2)c1. The van der Waals surface area contributed by atoms with E-state index < -0.39 is 0 Å². The zero-order valence-electron chi connectivity index (χ0n) is 11.2. The molecule has 1 saturated heterocycles. The molecule has 3 rings (SSSR count). The maximum Gasteiger partial charge on any atom is 0.0682 e. The van der Waals surface area contributed by atoms with Crippen molar-refractivity contribution >= 4 is 10.9 Å². The summed E-state index contributed by atoms with van der Waals surface area (Å²) in [5.41, 5.74) is 2.23. The topological polar surface area (TPSA) is 34.4 Å². The zero-order chi connectivity index (χ0) is 13.1. The van der Waals surface area contributed by atoms with E-state index in [0.29, 0.717) is 6.10 Å². The lowest BCUT2D eigenvalue weighted by Crippen LogP contribution is -2.06. The van der Waals surface area contributed by atoms with E-state index in [9.17, 15) is 0 Å². The van der Waals surface area contributed by atoms with Crippen LogP contribution < -0.4 is 0 Å². The van der Waals surface area contributed by atoms with Crippen LogP contribution in [0.3, 0.4) is 0 Å². The number of aryl methyl sites for hydroxylation is 1. The summed E-state index contributed by atoms with van der Waals surface area (Å²) in [5, 5.41) is 10.4. The summed E-state index contributed by atoms with van der Waals surface area (Å²) in [7, 11) is 0. The van der Waals surface area contributed by atoms with Crippen LogP contribution in [0.5, 0.6) is 0 Å². The molecular formula is C16H21NO2. The highest BCUT2D eigenvalue weighted by molar-refractivity contribution is 5.80. The normalized spacial score (nSPS) is 19.3. The molecule has 102 valence electrons. The molecule has 3 heteroatoms. The van der Waals surface area contributed by atoms with Gasteiger partial charge >= 0.3 is 0 Å². The summed E-state index contributed by atoms with van der Waals surface area (Å²) in [6.07, 6.45) is 7.40. The summed E-state index contributed by atoms with van der Waals surface area (Å²) >= 11 is 0. The van der Waals surface area contributed by atoms with Crippen molar-refractivity contribution in [1.29, 1.82) is 0 Å². The summed E-state index contributed by atoms with van der Waals surface area (Å²) in [6.45, 7) is 2.10. The Morgan fingerprint density at radius 3 is 3.05 bits per heavy atom. The highest BCUT2D eigenvalue weighted by atomic mass is 16.5. The fraction of sp³-hybridized carbons (Fsp3) is 0.500. The van der Waals surface area contributed by atoms with Crippen molar-refractivity contribution in [3.8, 4) is 0 Å². The lowest BCUT2D eigenvalue weighted by atomic mass is 10.1. The first-order chi connectivity index (χ1) is 9.36. The second-order valence-corrected chi connectivity index (χ2v) is 5.34. The van der Waals surface area contributed by atoms with E-state index in [0.717, 1.165) is 31.6 Å². The van der Waals surface area contributed by atoms with Crippen LogP contribution in [-0.2, 0) is 17.9 Å². The molecule has 0 aliphatic carbocycles. The molecule has 1 N–H and O–H groups in total. The highest BCUT2D eigenvalue weighted by Gasteiger charge is 2.14. The Morgan fingerprint density at radius 1 is 1.32 bits per heavy atom. The van der Waals surface area contributed by atoms with Crippen molar-refractivity contribution in [1.82, 2.24) is 4.57 Å². The summed E-state index contributed by atoms with van der Waals surface area (Å²) < 4.78 is 7.95. The summed E-state index contributed by atoms with van der Waals surface area (Å²) in [4.78, 5) is 0. The number of hydrogen-bond donors (Lipinski definition) is 1.